The van der Waals surface area contributed by atoms with Crippen molar-refractivity contribution in [2.45, 2.75) is 98.7 Å². The number of carboxylic acids is 1. The molecule has 1 aromatic carbocycles. The van der Waals surface area contributed by atoms with Gasteiger partial charge in [0.2, 0.25) is 0 Å². The Bertz CT molecular complexity index is 1190. The summed E-state index contributed by atoms with van der Waals surface area (Å²) in [6.07, 6.45) is -25.8. The Morgan fingerprint density at radius 2 is 1.10 bits per heavy atom. The molecule has 4 rings (SSSR count). The van der Waals surface area contributed by atoms with Gasteiger partial charge >= 0.3 is 5.97 Å². The normalized spacial score (nSPS) is 40.3. The highest BCUT2D eigenvalue weighted by Gasteiger charge is 2.54. The van der Waals surface area contributed by atoms with Crippen LogP contribution in [-0.4, -0.2) is 187 Å². The number of hydrogen-bond donors (Lipinski definition) is 12. The third kappa shape index (κ3) is 8.62. The highest BCUT2D eigenvalue weighted by atomic mass is 16.8. The minimum absolute atomic E-state index is 0.149. The van der Waals surface area contributed by atoms with Crippen molar-refractivity contribution < 1.29 is 94.2 Å². The van der Waals surface area contributed by atoms with Gasteiger partial charge in [-0.25, -0.2) is 0 Å². The molecule has 20 heteroatoms. The number of carbonyl (C=O) groups excluding carboxylic acids is 1. The number of ether oxygens (including phenoxy) is 6. The average Bonchev–Trinajstić information content (AvgIpc) is 3.08. The van der Waals surface area contributed by atoms with Crippen molar-refractivity contribution in [2.75, 3.05) is 26.4 Å². The standard InChI is InChI=1S/C28H41NO19/c30-6-12-16(35)18(37)20(39)27(44-12)47-23-14(8-32)46-26(43-9-10-1-3-11(4-2-10)25(42)29-5-15(33)34)22(41)24(23)48-28-21(40)19(38)17(36)13(7-31)45-28/h1-4,12-14,16-24,26-28,30-32,35-41H,5-9H2,(H,29,42)(H,33,34)/t12-,13-,14-,16+,17+,18+,19+,20-,21-,22-,23+,24-,26-,27+,28+/m1/s1. The Kier molecular flexibility index (Phi) is 13.5. The first kappa shape index (κ1) is 38.3. The number of amides is 1. The third-order valence-corrected chi connectivity index (χ3v) is 8.10. The minimum Gasteiger partial charge on any atom is -0.480 e. The molecular weight excluding hydrogens is 654 g/mol. The first-order valence-corrected chi connectivity index (χ1v) is 14.9. The number of hydrogen-bond acceptors (Lipinski definition) is 18. The lowest BCUT2D eigenvalue weighted by Crippen LogP contribution is -2.67. The van der Waals surface area contributed by atoms with Gasteiger partial charge in [0.1, 0.15) is 79.8 Å². The van der Waals surface area contributed by atoms with Gasteiger partial charge in [-0.15, -0.1) is 0 Å². The van der Waals surface area contributed by atoms with E-state index in [-0.39, 0.29) is 12.2 Å². The third-order valence-electron chi connectivity index (χ3n) is 8.10. The fourth-order valence-electron chi connectivity index (χ4n) is 5.36. The zero-order valence-electron chi connectivity index (χ0n) is 25.2. The number of aliphatic hydroxyl groups excluding tert-OH is 10. The van der Waals surface area contributed by atoms with E-state index in [1.54, 1.807) is 0 Å². The molecule has 12 N–H and O–H groups in total. The molecule has 48 heavy (non-hydrogen) atoms. The van der Waals surface area contributed by atoms with Gasteiger partial charge in [0.05, 0.1) is 26.4 Å². The van der Waals surface area contributed by atoms with Crippen molar-refractivity contribution in [3.63, 3.8) is 0 Å². The summed E-state index contributed by atoms with van der Waals surface area (Å²) >= 11 is 0. The quantitative estimate of drug-likeness (QED) is 0.0912. The molecule has 3 aliphatic heterocycles. The molecule has 0 saturated carbocycles. The predicted molar refractivity (Wildman–Crippen MR) is 150 cm³/mol. The van der Waals surface area contributed by atoms with E-state index >= 15 is 0 Å². The van der Waals surface area contributed by atoms with Gasteiger partial charge in [-0.1, -0.05) is 12.1 Å². The second-order valence-electron chi connectivity index (χ2n) is 11.4. The van der Waals surface area contributed by atoms with Gasteiger partial charge in [0.15, 0.2) is 18.9 Å². The summed E-state index contributed by atoms with van der Waals surface area (Å²) in [5.74, 6) is -1.87. The molecule has 272 valence electrons. The van der Waals surface area contributed by atoms with Crippen molar-refractivity contribution in [2.24, 2.45) is 0 Å². The van der Waals surface area contributed by atoms with Crippen LogP contribution in [0.25, 0.3) is 0 Å². The van der Waals surface area contributed by atoms with Gasteiger partial charge < -0.3 is 89.9 Å². The van der Waals surface area contributed by atoms with E-state index in [1.807, 2.05) is 0 Å². The number of aliphatic hydroxyl groups is 10. The Morgan fingerprint density at radius 1 is 0.625 bits per heavy atom. The molecule has 3 saturated heterocycles. The van der Waals surface area contributed by atoms with Gasteiger partial charge in [-0.2, -0.15) is 0 Å². The van der Waals surface area contributed by atoms with Crippen molar-refractivity contribution in [3.05, 3.63) is 35.4 Å². The number of carbonyl (C=O) groups is 2. The van der Waals surface area contributed by atoms with Gasteiger partial charge in [-0.05, 0) is 17.7 Å². The van der Waals surface area contributed by atoms with E-state index in [0.717, 1.165) is 0 Å². The average molecular weight is 696 g/mol. The molecule has 0 aromatic heterocycles. The highest BCUT2D eigenvalue weighted by Crippen LogP contribution is 2.34. The monoisotopic (exact) mass is 695 g/mol. The van der Waals surface area contributed by atoms with Crippen LogP contribution in [0.2, 0.25) is 0 Å². The number of benzene rings is 1. The van der Waals surface area contributed by atoms with E-state index in [4.69, 9.17) is 33.5 Å². The predicted octanol–water partition coefficient (Wildman–Crippen LogP) is -6.53. The Labute approximate surface area is 272 Å². The maximum absolute atomic E-state index is 12.1. The molecule has 3 fully saturated rings. The van der Waals surface area contributed by atoms with Crippen LogP contribution in [-0.2, 0) is 39.8 Å². The first-order chi connectivity index (χ1) is 22.8. The van der Waals surface area contributed by atoms with Gasteiger partial charge in [0, 0.05) is 5.56 Å². The minimum atomic E-state index is -1.94. The number of nitrogens with one attached hydrogen (secondary N) is 1. The Morgan fingerprint density at radius 3 is 1.58 bits per heavy atom. The molecule has 0 radical (unpaired) electrons. The number of rotatable bonds is 13. The van der Waals surface area contributed by atoms with Crippen LogP contribution < -0.4 is 5.32 Å². The molecule has 0 unspecified atom stereocenters. The van der Waals surface area contributed by atoms with E-state index in [9.17, 15) is 60.7 Å². The van der Waals surface area contributed by atoms with E-state index < -0.39 is 130 Å². The zero-order chi connectivity index (χ0) is 35.3. The first-order valence-electron chi connectivity index (χ1n) is 14.9. The van der Waals surface area contributed by atoms with E-state index in [2.05, 4.69) is 5.32 Å². The lowest BCUT2D eigenvalue weighted by Gasteiger charge is -2.49. The zero-order valence-corrected chi connectivity index (χ0v) is 25.2. The van der Waals surface area contributed by atoms with Crippen LogP contribution in [0.4, 0.5) is 0 Å². The fraction of sp³-hybridized carbons (Fsp3) is 0.714. The van der Waals surface area contributed by atoms with Gasteiger partial charge in [-0.3, -0.25) is 9.59 Å². The fourth-order valence-corrected chi connectivity index (χ4v) is 5.36. The number of carboxylic acid groups (broad SMARTS) is 1. The molecule has 1 aromatic rings. The molecular formula is C28H41NO19. The van der Waals surface area contributed by atoms with Crippen LogP contribution in [0.3, 0.4) is 0 Å². The summed E-state index contributed by atoms with van der Waals surface area (Å²) in [7, 11) is 0. The summed E-state index contributed by atoms with van der Waals surface area (Å²) in [6, 6.07) is 5.72. The largest absolute Gasteiger partial charge is 0.480 e. The molecule has 3 heterocycles. The van der Waals surface area contributed by atoms with Crippen molar-refractivity contribution in [1.82, 2.24) is 5.32 Å². The Hall–Kier alpha value is -2.48. The maximum atomic E-state index is 12.1. The summed E-state index contributed by atoms with van der Waals surface area (Å²) in [4.78, 5) is 22.8. The smallest absolute Gasteiger partial charge is 0.322 e. The Balaban J connectivity index is 1.55. The van der Waals surface area contributed by atoms with Crippen LogP contribution in [0.1, 0.15) is 15.9 Å². The molecule has 15 atom stereocenters. The van der Waals surface area contributed by atoms with Crippen LogP contribution in [0, 0.1) is 0 Å². The van der Waals surface area contributed by atoms with E-state index in [1.165, 1.54) is 24.3 Å². The lowest BCUT2D eigenvalue weighted by molar-refractivity contribution is -0.388. The van der Waals surface area contributed by atoms with Crippen LogP contribution in [0.15, 0.2) is 24.3 Å². The molecule has 0 spiro atoms. The van der Waals surface area contributed by atoms with Crippen molar-refractivity contribution in [1.29, 1.82) is 0 Å². The summed E-state index contributed by atoms with van der Waals surface area (Å²) in [5, 5.41) is 114. The van der Waals surface area contributed by atoms with Gasteiger partial charge in [0.25, 0.3) is 5.91 Å². The maximum Gasteiger partial charge on any atom is 0.322 e. The topological polar surface area (TPSA) is 324 Å². The van der Waals surface area contributed by atoms with Crippen molar-refractivity contribution >= 4 is 11.9 Å². The van der Waals surface area contributed by atoms with E-state index in [0.29, 0.717) is 5.56 Å². The summed E-state index contributed by atoms with van der Waals surface area (Å²) in [5.41, 5.74) is 0.600. The molecule has 0 aliphatic carbocycles. The van der Waals surface area contributed by atoms with Crippen LogP contribution >= 0.6 is 0 Å². The molecule has 3 aliphatic rings. The SMILES string of the molecule is O=C(O)CNC(=O)c1ccc(CO[C@@H]2O[C@H](CO)[C@H](O[C@@H]3O[C@H](CO)[C@H](O)[C@H](O)[C@H]3O)[C@H](O[C@@H]3O[C@H](CO)[C@H](O)[C@H](O)[C@H]3O)[C@H]2O)cc1. The molecule has 1 amide bonds. The molecule has 0 bridgehead atoms. The second-order valence-corrected chi connectivity index (χ2v) is 11.4. The summed E-state index contributed by atoms with van der Waals surface area (Å²) in [6.45, 7) is -3.30. The van der Waals surface area contributed by atoms with Crippen molar-refractivity contribution in [3.8, 4) is 0 Å². The second kappa shape index (κ2) is 17.0. The summed E-state index contributed by atoms with van der Waals surface area (Å²) < 4.78 is 33.8. The highest BCUT2D eigenvalue weighted by molar-refractivity contribution is 5.95. The molecule has 20 nitrogen and oxygen atoms in total. The lowest BCUT2D eigenvalue weighted by atomic mass is 9.96. The number of aliphatic carboxylic acids is 1. The van der Waals surface area contributed by atoms with Crippen LogP contribution in [0.5, 0.6) is 0 Å².